The Bertz CT molecular complexity index is 721. The summed E-state index contributed by atoms with van der Waals surface area (Å²) in [5, 5.41) is 15.5. The van der Waals surface area contributed by atoms with Crippen LogP contribution in [0.2, 0.25) is 0 Å². The first-order chi connectivity index (χ1) is 12.5. The third-order valence-corrected chi connectivity index (χ3v) is 3.80. The molecule has 0 spiro atoms. The fraction of sp³-hybridized carbons (Fsp3) is 0.318. The number of rotatable bonds is 7. The number of hydrogen-bond acceptors (Lipinski definition) is 3. The molecule has 140 valence electrons. The average Bonchev–Trinajstić information content (AvgIpc) is 2.64. The van der Waals surface area contributed by atoms with E-state index in [1.807, 2.05) is 64.1 Å². The van der Waals surface area contributed by atoms with Crippen LogP contribution in [0.4, 0.5) is 5.69 Å². The Balaban J connectivity index is 0.00000163. The van der Waals surface area contributed by atoms with Crippen LogP contribution in [0.3, 0.4) is 0 Å². The number of aryl methyl sites for hydroxylation is 1. The first-order valence-corrected chi connectivity index (χ1v) is 9.00. The Kier molecular flexibility index (Phi) is 9.17. The molecule has 3 N–H and O–H groups in total. The maximum absolute atomic E-state index is 11.9. The fourth-order valence-electron chi connectivity index (χ4n) is 2.35. The van der Waals surface area contributed by atoms with E-state index in [1.165, 1.54) is 0 Å². The summed E-state index contributed by atoms with van der Waals surface area (Å²) in [6.45, 7) is 12.7. The molecule has 0 saturated heterocycles. The van der Waals surface area contributed by atoms with Gasteiger partial charge in [-0.15, -0.1) is 0 Å². The minimum absolute atomic E-state index is 0.0695. The average molecular weight is 354 g/mol. The van der Waals surface area contributed by atoms with Gasteiger partial charge in [-0.05, 0) is 61.7 Å². The van der Waals surface area contributed by atoms with Gasteiger partial charge < -0.3 is 15.7 Å². The van der Waals surface area contributed by atoms with Gasteiger partial charge in [0.2, 0.25) is 5.91 Å². The van der Waals surface area contributed by atoms with Crippen LogP contribution in [0.15, 0.2) is 49.0 Å². The van der Waals surface area contributed by atoms with Gasteiger partial charge in [0.25, 0.3) is 0 Å². The lowest BCUT2D eigenvalue weighted by Crippen LogP contribution is -2.29. The van der Waals surface area contributed by atoms with E-state index in [0.29, 0.717) is 12.3 Å². The van der Waals surface area contributed by atoms with Crippen LogP contribution in [0.1, 0.15) is 37.5 Å². The first kappa shape index (κ1) is 21.5. The molecule has 0 aliphatic carbocycles. The Morgan fingerprint density at radius 2 is 1.77 bits per heavy atom. The van der Waals surface area contributed by atoms with Crippen molar-refractivity contribution in [3.63, 3.8) is 0 Å². The normalized spacial score (nSPS) is 9.85. The van der Waals surface area contributed by atoms with Crippen LogP contribution in [-0.2, 0) is 11.2 Å². The molecule has 0 bridgehead atoms. The van der Waals surface area contributed by atoms with Crippen molar-refractivity contribution in [3.8, 4) is 5.75 Å². The summed E-state index contributed by atoms with van der Waals surface area (Å²) in [7, 11) is 0. The molecule has 2 rings (SSSR count). The molecular formula is C22H30N2O2. The summed E-state index contributed by atoms with van der Waals surface area (Å²) in [5.74, 6) is 0.240. The number of amides is 1. The number of carbonyl (C=O) groups is 1. The quantitative estimate of drug-likeness (QED) is 0.640. The maximum Gasteiger partial charge on any atom is 0.238 e. The Morgan fingerprint density at radius 1 is 1.12 bits per heavy atom. The van der Waals surface area contributed by atoms with Crippen LogP contribution in [0.25, 0.3) is 5.57 Å². The minimum Gasteiger partial charge on any atom is -0.508 e. The molecule has 4 nitrogen and oxygen atoms in total. The van der Waals surface area contributed by atoms with E-state index >= 15 is 0 Å². The largest absolute Gasteiger partial charge is 0.508 e. The molecule has 1 amide bonds. The van der Waals surface area contributed by atoms with Gasteiger partial charge in [-0.1, -0.05) is 50.3 Å². The van der Waals surface area contributed by atoms with Crippen molar-refractivity contribution in [3.05, 3.63) is 65.7 Å². The second-order valence-corrected chi connectivity index (χ2v) is 5.95. The zero-order valence-corrected chi connectivity index (χ0v) is 16.2. The van der Waals surface area contributed by atoms with Gasteiger partial charge in [0.05, 0.1) is 6.54 Å². The molecule has 0 aliphatic rings. The molecule has 0 saturated carbocycles. The third kappa shape index (κ3) is 7.11. The van der Waals surface area contributed by atoms with Crippen LogP contribution in [0, 0.1) is 6.92 Å². The highest BCUT2D eigenvalue weighted by Gasteiger charge is 2.03. The predicted molar refractivity (Wildman–Crippen MR) is 111 cm³/mol. The van der Waals surface area contributed by atoms with Crippen LogP contribution in [0.5, 0.6) is 5.75 Å². The topological polar surface area (TPSA) is 61.4 Å². The van der Waals surface area contributed by atoms with E-state index in [-0.39, 0.29) is 12.5 Å². The predicted octanol–water partition coefficient (Wildman–Crippen LogP) is 4.53. The smallest absolute Gasteiger partial charge is 0.238 e. The van der Waals surface area contributed by atoms with Crippen LogP contribution in [-0.4, -0.2) is 24.1 Å². The number of phenolic OH excluding ortho intramolecular Hbond substituents is 1. The lowest BCUT2D eigenvalue weighted by Gasteiger charge is -2.08. The van der Waals surface area contributed by atoms with Gasteiger partial charge in [-0.3, -0.25) is 4.79 Å². The number of phenols is 1. The number of aromatic hydroxyl groups is 1. The summed E-state index contributed by atoms with van der Waals surface area (Å²) in [5.41, 5.74) is 4.84. The molecule has 0 fully saturated rings. The zero-order valence-electron chi connectivity index (χ0n) is 16.2. The Labute approximate surface area is 157 Å². The highest BCUT2D eigenvalue weighted by Crippen LogP contribution is 2.17. The number of carbonyl (C=O) groups excluding carboxylic acids is 1. The van der Waals surface area contributed by atoms with E-state index in [0.717, 1.165) is 34.4 Å². The molecular weight excluding hydrogens is 324 g/mol. The summed E-state index contributed by atoms with van der Waals surface area (Å²) in [6.07, 6.45) is 0.807. The van der Waals surface area contributed by atoms with Crippen molar-refractivity contribution in [2.75, 3.05) is 18.4 Å². The minimum atomic E-state index is -0.0695. The number of benzene rings is 2. The highest BCUT2D eigenvalue weighted by molar-refractivity contribution is 5.92. The Hall–Kier alpha value is -2.59. The van der Waals surface area contributed by atoms with Gasteiger partial charge >= 0.3 is 0 Å². The lowest BCUT2D eigenvalue weighted by atomic mass is 10.1. The molecule has 2 aromatic carbocycles. The van der Waals surface area contributed by atoms with Gasteiger partial charge in [0.15, 0.2) is 0 Å². The second-order valence-electron chi connectivity index (χ2n) is 5.95. The molecule has 0 unspecified atom stereocenters. The van der Waals surface area contributed by atoms with Crippen molar-refractivity contribution < 1.29 is 9.90 Å². The molecule has 0 atom stereocenters. The van der Waals surface area contributed by atoms with E-state index in [4.69, 9.17) is 0 Å². The van der Waals surface area contributed by atoms with E-state index in [2.05, 4.69) is 17.2 Å². The number of nitrogens with one attached hydrogen (secondary N) is 2. The zero-order chi connectivity index (χ0) is 19.5. The fourth-order valence-corrected chi connectivity index (χ4v) is 2.35. The summed E-state index contributed by atoms with van der Waals surface area (Å²) in [4.78, 5) is 11.9. The standard InChI is InChI=1S/C20H24N2O2.C2H6/c1-14(2)17-5-7-18(8-6-17)22-20(24)13-21-11-10-16-4-9-19(23)15(3)12-16;1-2/h4-9,12,21,23H,1,10-11,13H2,2-3H3,(H,22,24);1-2H3. The van der Waals surface area contributed by atoms with E-state index in [1.54, 1.807) is 6.07 Å². The van der Waals surface area contributed by atoms with Gasteiger partial charge in [0, 0.05) is 5.69 Å². The van der Waals surface area contributed by atoms with Gasteiger partial charge in [-0.25, -0.2) is 0 Å². The second kappa shape index (κ2) is 11.1. The molecule has 0 aromatic heterocycles. The summed E-state index contributed by atoms with van der Waals surface area (Å²) >= 11 is 0. The maximum atomic E-state index is 11.9. The SMILES string of the molecule is C=C(C)c1ccc(NC(=O)CNCCc2ccc(O)c(C)c2)cc1.CC. The molecule has 0 heterocycles. The molecule has 2 aromatic rings. The van der Waals surface area contributed by atoms with E-state index in [9.17, 15) is 9.90 Å². The molecule has 26 heavy (non-hydrogen) atoms. The van der Waals surface area contributed by atoms with Crippen molar-refractivity contribution in [1.29, 1.82) is 0 Å². The van der Waals surface area contributed by atoms with Crippen molar-refractivity contribution in [2.45, 2.75) is 34.1 Å². The van der Waals surface area contributed by atoms with Crippen molar-refractivity contribution >= 4 is 17.2 Å². The van der Waals surface area contributed by atoms with Gasteiger partial charge in [0.1, 0.15) is 5.75 Å². The number of allylic oxidation sites excluding steroid dienone is 1. The molecule has 4 heteroatoms. The number of anilines is 1. The lowest BCUT2D eigenvalue weighted by molar-refractivity contribution is -0.115. The van der Waals surface area contributed by atoms with E-state index < -0.39 is 0 Å². The van der Waals surface area contributed by atoms with Crippen LogP contribution >= 0.6 is 0 Å². The first-order valence-electron chi connectivity index (χ1n) is 9.00. The molecule has 0 aliphatic heterocycles. The molecule has 0 radical (unpaired) electrons. The number of hydrogen-bond donors (Lipinski definition) is 3. The summed E-state index contributed by atoms with van der Waals surface area (Å²) in [6, 6.07) is 13.2. The highest BCUT2D eigenvalue weighted by atomic mass is 16.3. The van der Waals surface area contributed by atoms with Gasteiger partial charge in [-0.2, -0.15) is 0 Å². The van der Waals surface area contributed by atoms with Crippen molar-refractivity contribution in [2.24, 2.45) is 0 Å². The Morgan fingerprint density at radius 3 is 2.35 bits per heavy atom. The van der Waals surface area contributed by atoms with Crippen molar-refractivity contribution in [1.82, 2.24) is 5.32 Å². The third-order valence-electron chi connectivity index (χ3n) is 3.80. The van der Waals surface area contributed by atoms with Crippen LogP contribution < -0.4 is 10.6 Å². The monoisotopic (exact) mass is 354 g/mol. The summed E-state index contributed by atoms with van der Waals surface area (Å²) < 4.78 is 0.